The standard InChI is InChI=1S/C4H5FN3O4P/c5-8-3(6)2(13(10,11)12)1-7-4(8)9/h1H,6H2,(H2,10,11,12). The number of aromatic nitrogens is 2. The van der Waals surface area contributed by atoms with Gasteiger partial charge in [-0.05, 0) is 0 Å². The third kappa shape index (κ3) is 1.74. The van der Waals surface area contributed by atoms with Gasteiger partial charge in [0.1, 0.15) is 5.30 Å². The molecule has 1 aromatic heterocycles. The van der Waals surface area contributed by atoms with E-state index >= 15 is 0 Å². The minimum atomic E-state index is -4.69. The topological polar surface area (TPSA) is 118 Å². The minimum Gasteiger partial charge on any atom is -0.382 e. The van der Waals surface area contributed by atoms with Gasteiger partial charge in [0.15, 0.2) is 5.82 Å². The van der Waals surface area contributed by atoms with Crippen molar-refractivity contribution in [2.45, 2.75) is 0 Å². The predicted molar refractivity (Wildman–Crippen MR) is 41.1 cm³/mol. The van der Waals surface area contributed by atoms with Gasteiger partial charge in [-0.3, -0.25) is 4.57 Å². The van der Waals surface area contributed by atoms with Gasteiger partial charge in [0.05, 0.1) is 6.20 Å². The molecule has 1 heterocycles. The van der Waals surface area contributed by atoms with E-state index in [2.05, 4.69) is 4.98 Å². The van der Waals surface area contributed by atoms with Crippen LogP contribution in [0.1, 0.15) is 0 Å². The average Bonchev–Trinajstić information content (AvgIpc) is 1.98. The molecule has 0 aliphatic carbocycles. The van der Waals surface area contributed by atoms with E-state index in [0.29, 0.717) is 6.20 Å². The summed E-state index contributed by atoms with van der Waals surface area (Å²) in [6.07, 6.45) is 0.550. The van der Waals surface area contributed by atoms with E-state index in [1.165, 1.54) is 0 Å². The molecule has 0 unspecified atom stereocenters. The average molecular weight is 209 g/mol. The van der Waals surface area contributed by atoms with Crippen molar-refractivity contribution in [1.29, 1.82) is 0 Å². The molecule has 7 nitrogen and oxygen atoms in total. The van der Waals surface area contributed by atoms with Crippen LogP contribution in [0, 0.1) is 0 Å². The summed E-state index contributed by atoms with van der Waals surface area (Å²) in [5.74, 6) is -0.937. The van der Waals surface area contributed by atoms with E-state index in [4.69, 9.17) is 15.5 Å². The summed E-state index contributed by atoms with van der Waals surface area (Å²) in [4.78, 5) is 29.9. The number of hydrogen-bond donors (Lipinski definition) is 3. The zero-order valence-corrected chi connectivity index (χ0v) is 6.98. The van der Waals surface area contributed by atoms with E-state index in [1.807, 2.05) is 0 Å². The van der Waals surface area contributed by atoms with Gasteiger partial charge < -0.3 is 15.5 Å². The van der Waals surface area contributed by atoms with Gasteiger partial charge in [0.25, 0.3) is 0 Å². The maximum Gasteiger partial charge on any atom is 0.377 e. The Hall–Kier alpha value is -1.24. The summed E-state index contributed by atoms with van der Waals surface area (Å²) in [5, 5.41) is -0.811. The Labute approximate surface area is 70.7 Å². The monoisotopic (exact) mass is 209 g/mol. The minimum absolute atomic E-state index is 0.550. The molecule has 1 rings (SSSR count). The van der Waals surface area contributed by atoms with Gasteiger partial charge in [-0.15, -0.1) is 4.79 Å². The molecule has 0 saturated heterocycles. The molecule has 0 aliphatic heterocycles. The SMILES string of the molecule is Nc1c(P(=O)(O)O)cnc(=O)n1F. The number of halogens is 1. The van der Waals surface area contributed by atoms with Crippen molar-refractivity contribution in [1.82, 2.24) is 9.77 Å². The highest BCUT2D eigenvalue weighted by Gasteiger charge is 2.24. The fourth-order valence-corrected chi connectivity index (χ4v) is 1.26. The van der Waals surface area contributed by atoms with Gasteiger partial charge in [0, 0.05) is 0 Å². The van der Waals surface area contributed by atoms with Crippen molar-refractivity contribution in [2.24, 2.45) is 0 Å². The van der Waals surface area contributed by atoms with Crippen molar-refractivity contribution in [3.05, 3.63) is 16.7 Å². The van der Waals surface area contributed by atoms with E-state index in [0.717, 1.165) is 0 Å². The summed E-state index contributed by atoms with van der Waals surface area (Å²) in [5.41, 5.74) is 3.60. The number of nitrogens with two attached hydrogens (primary N) is 1. The number of hydrogen-bond acceptors (Lipinski definition) is 4. The zero-order chi connectivity index (χ0) is 10.2. The van der Waals surface area contributed by atoms with Crippen molar-refractivity contribution in [3.8, 4) is 0 Å². The highest BCUT2D eigenvalue weighted by Crippen LogP contribution is 2.34. The molecule has 0 radical (unpaired) electrons. The van der Waals surface area contributed by atoms with Crippen LogP contribution < -0.4 is 16.7 Å². The highest BCUT2D eigenvalue weighted by atomic mass is 31.2. The first-order valence-corrected chi connectivity index (χ1v) is 4.55. The van der Waals surface area contributed by atoms with Crippen LogP contribution in [0.15, 0.2) is 11.0 Å². The summed E-state index contributed by atoms with van der Waals surface area (Å²) in [6, 6.07) is 0. The van der Waals surface area contributed by atoms with Crippen LogP contribution >= 0.6 is 7.60 Å². The lowest BCUT2D eigenvalue weighted by Gasteiger charge is -2.06. The molecular weight excluding hydrogens is 204 g/mol. The third-order valence-electron chi connectivity index (χ3n) is 1.25. The van der Waals surface area contributed by atoms with Crippen LogP contribution in [-0.4, -0.2) is 19.6 Å². The third-order valence-corrected chi connectivity index (χ3v) is 2.23. The number of nitrogens with zero attached hydrogens (tertiary/aromatic N) is 2. The molecule has 0 amide bonds. The van der Waals surface area contributed by atoms with Crippen LogP contribution in [0.25, 0.3) is 0 Å². The van der Waals surface area contributed by atoms with Crippen LogP contribution in [0.2, 0.25) is 0 Å². The zero-order valence-electron chi connectivity index (χ0n) is 6.09. The molecule has 0 aliphatic rings. The number of anilines is 1. The molecule has 9 heteroatoms. The summed E-state index contributed by atoms with van der Waals surface area (Å²) >= 11 is 0. The van der Waals surface area contributed by atoms with Gasteiger partial charge in [-0.1, -0.05) is 4.48 Å². The molecule has 0 bridgehead atoms. The second-order valence-corrected chi connectivity index (χ2v) is 3.71. The van der Waals surface area contributed by atoms with E-state index in [1.54, 1.807) is 0 Å². The Balaban J connectivity index is 3.53. The lowest BCUT2D eigenvalue weighted by molar-refractivity contribution is 0.350. The van der Waals surface area contributed by atoms with Crippen molar-refractivity contribution >= 4 is 18.7 Å². The number of rotatable bonds is 1. The van der Waals surface area contributed by atoms with Gasteiger partial charge in [0.2, 0.25) is 0 Å². The summed E-state index contributed by atoms with van der Waals surface area (Å²) in [7, 11) is -4.69. The largest absolute Gasteiger partial charge is 0.382 e. The molecule has 13 heavy (non-hydrogen) atoms. The van der Waals surface area contributed by atoms with Crippen LogP contribution in [0.4, 0.5) is 10.3 Å². The Morgan fingerprint density at radius 2 is 2.15 bits per heavy atom. The molecule has 0 saturated carbocycles. The molecule has 1 aromatic rings. The Bertz CT molecular complexity index is 438. The smallest absolute Gasteiger partial charge is 0.377 e. The van der Waals surface area contributed by atoms with Crippen molar-refractivity contribution in [3.63, 3.8) is 0 Å². The summed E-state index contributed by atoms with van der Waals surface area (Å²) in [6.45, 7) is 0. The first-order valence-electron chi connectivity index (χ1n) is 2.94. The molecule has 0 aromatic carbocycles. The first kappa shape index (κ1) is 9.85. The molecule has 72 valence electrons. The van der Waals surface area contributed by atoms with Gasteiger partial charge in [-0.25, -0.2) is 4.79 Å². The van der Waals surface area contributed by atoms with Crippen LogP contribution in [0.3, 0.4) is 0 Å². The van der Waals surface area contributed by atoms with Crippen LogP contribution in [-0.2, 0) is 4.57 Å². The highest BCUT2D eigenvalue weighted by molar-refractivity contribution is 7.60. The predicted octanol–water partition coefficient (Wildman–Crippen LogP) is -1.64. The van der Waals surface area contributed by atoms with Crippen LogP contribution in [0.5, 0.6) is 0 Å². The fraction of sp³-hybridized carbons (Fsp3) is 0. The van der Waals surface area contributed by atoms with Crippen molar-refractivity contribution in [2.75, 3.05) is 5.73 Å². The van der Waals surface area contributed by atoms with Gasteiger partial charge in [-0.2, -0.15) is 4.98 Å². The second-order valence-electron chi connectivity index (χ2n) is 2.14. The molecule has 0 spiro atoms. The maximum absolute atomic E-state index is 12.6. The first-order chi connectivity index (χ1) is 5.84. The van der Waals surface area contributed by atoms with E-state index in [9.17, 15) is 13.8 Å². The second kappa shape index (κ2) is 2.91. The summed E-state index contributed by atoms with van der Waals surface area (Å²) < 4.78 is 23.2. The lowest BCUT2D eigenvalue weighted by Crippen LogP contribution is -2.27. The molecular formula is C4H5FN3O4P. The molecule has 0 atom stereocenters. The maximum atomic E-state index is 12.6. The quantitative estimate of drug-likeness (QED) is 0.477. The Kier molecular flexibility index (Phi) is 2.21. The fourth-order valence-electron chi connectivity index (χ4n) is 0.661. The number of nitrogen functional groups attached to an aromatic ring is 1. The molecule has 4 N–H and O–H groups in total. The van der Waals surface area contributed by atoms with Gasteiger partial charge >= 0.3 is 13.3 Å². The van der Waals surface area contributed by atoms with Crippen molar-refractivity contribution < 1.29 is 18.8 Å². The lowest BCUT2D eigenvalue weighted by atomic mass is 10.6. The Morgan fingerprint density at radius 3 is 2.62 bits per heavy atom. The van der Waals surface area contributed by atoms with E-state index < -0.39 is 29.2 Å². The van der Waals surface area contributed by atoms with E-state index in [-0.39, 0.29) is 0 Å². The Morgan fingerprint density at radius 1 is 1.62 bits per heavy atom. The normalized spacial score (nSPS) is 11.6. The molecule has 0 fully saturated rings.